The maximum absolute atomic E-state index is 12.8. The lowest BCUT2D eigenvalue weighted by atomic mass is 10.1. The van der Waals surface area contributed by atoms with Gasteiger partial charge in [0, 0.05) is 42.4 Å². The van der Waals surface area contributed by atoms with Gasteiger partial charge < -0.3 is 19.7 Å². The van der Waals surface area contributed by atoms with Crippen LogP contribution in [-0.4, -0.2) is 52.3 Å². The molecule has 0 saturated carbocycles. The van der Waals surface area contributed by atoms with Crippen molar-refractivity contribution in [2.45, 2.75) is 12.8 Å². The first kappa shape index (κ1) is 23.4. The highest BCUT2D eigenvalue weighted by Gasteiger charge is 2.18. The van der Waals surface area contributed by atoms with E-state index in [1.807, 2.05) is 37.4 Å². The zero-order valence-corrected chi connectivity index (χ0v) is 21.3. The van der Waals surface area contributed by atoms with Crippen LogP contribution < -0.4 is 14.8 Å². The van der Waals surface area contributed by atoms with Crippen LogP contribution in [0.15, 0.2) is 59.2 Å². The summed E-state index contributed by atoms with van der Waals surface area (Å²) < 4.78 is 13.3. The fraction of sp³-hybridized carbons (Fsp3) is 0.240. The molecule has 35 heavy (non-hydrogen) atoms. The number of halogens is 2. The molecule has 0 atom stereocenters. The molecule has 0 aliphatic carbocycles. The molecule has 0 bridgehead atoms. The molecule has 0 unspecified atom stereocenters. The van der Waals surface area contributed by atoms with Crippen LogP contribution in [0.3, 0.4) is 0 Å². The smallest absolute Gasteiger partial charge is 0.253 e. The number of amides is 1. The van der Waals surface area contributed by atoms with E-state index in [0.717, 1.165) is 34.4 Å². The summed E-state index contributed by atoms with van der Waals surface area (Å²) in [4.78, 5) is 19.2. The van der Waals surface area contributed by atoms with Crippen LogP contribution in [-0.2, 0) is 0 Å². The average Bonchev–Trinajstić information content (AvgIpc) is 3.49. The predicted molar refractivity (Wildman–Crippen MR) is 138 cm³/mol. The van der Waals surface area contributed by atoms with E-state index in [4.69, 9.17) is 26.1 Å². The second-order valence-electron chi connectivity index (χ2n) is 8.16. The summed E-state index contributed by atoms with van der Waals surface area (Å²) in [6.45, 7) is 1.54. The van der Waals surface area contributed by atoms with Crippen LogP contribution in [0, 0.1) is 0 Å². The summed E-state index contributed by atoms with van der Waals surface area (Å²) in [6.07, 6.45) is 3.43. The van der Waals surface area contributed by atoms with Crippen LogP contribution in [0.2, 0.25) is 5.02 Å². The standard InChI is InChI=1S/C25H23BrClN5O3/c1-31(25(33)16-8-9-21-22(12-16)35-15-34-21)11-5-4-10-28-23-13-20(17-6-2-3-7-19(17)27)30-24-18(26)14-29-32(23)24/h2-3,6-9,12-14,28H,4-5,10-11,15H2,1H3. The van der Waals surface area contributed by atoms with Crippen molar-refractivity contribution in [3.63, 3.8) is 0 Å². The molecule has 180 valence electrons. The highest BCUT2D eigenvalue weighted by Crippen LogP contribution is 2.33. The highest BCUT2D eigenvalue weighted by molar-refractivity contribution is 9.10. The Balaban J connectivity index is 1.20. The Morgan fingerprint density at radius 3 is 2.86 bits per heavy atom. The highest BCUT2D eigenvalue weighted by atomic mass is 79.9. The van der Waals surface area contributed by atoms with Crippen molar-refractivity contribution in [1.29, 1.82) is 0 Å². The quantitative estimate of drug-likeness (QED) is 0.289. The number of nitrogens with zero attached hydrogens (tertiary/aromatic N) is 4. The van der Waals surface area contributed by atoms with Crippen LogP contribution in [0.1, 0.15) is 23.2 Å². The summed E-state index contributed by atoms with van der Waals surface area (Å²) >= 11 is 9.93. The first-order valence-electron chi connectivity index (χ1n) is 11.2. The van der Waals surface area contributed by atoms with Gasteiger partial charge in [0.15, 0.2) is 17.1 Å². The third-order valence-electron chi connectivity index (χ3n) is 5.77. The van der Waals surface area contributed by atoms with Gasteiger partial charge in [0.05, 0.1) is 16.4 Å². The van der Waals surface area contributed by atoms with Crippen molar-refractivity contribution in [2.24, 2.45) is 0 Å². The van der Waals surface area contributed by atoms with Crippen molar-refractivity contribution in [3.05, 3.63) is 69.8 Å². The zero-order chi connectivity index (χ0) is 24.4. The van der Waals surface area contributed by atoms with Gasteiger partial charge in [-0.25, -0.2) is 4.98 Å². The molecule has 2 aromatic heterocycles. The molecule has 1 aliphatic rings. The van der Waals surface area contributed by atoms with Crippen LogP contribution >= 0.6 is 27.5 Å². The van der Waals surface area contributed by atoms with Crippen LogP contribution in [0.5, 0.6) is 11.5 Å². The number of anilines is 1. The Bertz CT molecular complexity index is 1390. The average molecular weight is 557 g/mol. The van der Waals surface area contributed by atoms with Gasteiger partial charge in [-0.3, -0.25) is 4.79 Å². The van der Waals surface area contributed by atoms with Gasteiger partial charge in [-0.1, -0.05) is 29.8 Å². The third kappa shape index (κ3) is 4.92. The van der Waals surface area contributed by atoms with Crippen LogP contribution in [0.4, 0.5) is 5.82 Å². The van der Waals surface area contributed by atoms with E-state index in [1.165, 1.54) is 0 Å². The second kappa shape index (κ2) is 10.1. The number of carbonyl (C=O) groups is 1. The predicted octanol–water partition coefficient (Wildman–Crippen LogP) is 5.51. The largest absolute Gasteiger partial charge is 0.454 e. The number of rotatable bonds is 8. The molecule has 1 N–H and O–H groups in total. The Hall–Kier alpha value is -3.30. The molecule has 8 nitrogen and oxygen atoms in total. The monoisotopic (exact) mass is 555 g/mol. The van der Waals surface area contributed by atoms with Crippen LogP contribution in [0.25, 0.3) is 16.9 Å². The molecule has 0 spiro atoms. The summed E-state index contributed by atoms with van der Waals surface area (Å²) in [7, 11) is 1.81. The number of carbonyl (C=O) groups excluding carboxylic acids is 1. The minimum atomic E-state index is -0.0436. The Morgan fingerprint density at radius 1 is 1.17 bits per heavy atom. The summed E-state index contributed by atoms with van der Waals surface area (Å²) in [6, 6.07) is 14.8. The summed E-state index contributed by atoms with van der Waals surface area (Å²) in [5.74, 6) is 2.05. The van der Waals surface area contributed by atoms with Gasteiger partial charge in [-0.15, -0.1) is 0 Å². The fourth-order valence-electron chi connectivity index (χ4n) is 3.91. The topological polar surface area (TPSA) is 81.0 Å². The zero-order valence-electron chi connectivity index (χ0n) is 19.0. The number of nitrogens with one attached hydrogen (secondary N) is 1. The molecule has 2 aromatic carbocycles. The fourth-order valence-corrected chi connectivity index (χ4v) is 4.49. The van der Waals surface area contributed by atoms with E-state index in [1.54, 1.807) is 33.8 Å². The van der Waals surface area contributed by atoms with Gasteiger partial charge in [0.1, 0.15) is 5.82 Å². The van der Waals surface area contributed by atoms with Gasteiger partial charge in [0.2, 0.25) is 6.79 Å². The minimum Gasteiger partial charge on any atom is -0.454 e. The van der Waals surface area contributed by atoms with E-state index < -0.39 is 0 Å². The first-order valence-corrected chi connectivity index (χ1v) is 12.4. The lowest BCUT2D eigenvalue weighted by Crippen LogP contribution is -2.28. The molecule has 5 rings (SSSR count). The van der Waals surface area contributed by atoms with Gasteiger partial charge in [-0.2, -0.15) is 9.61 Å². The number of aromatic nitrogens is 3. The number of ether oxygens (including phenoxy) is 2. The molecule has 1 amide bonds. The summed E-state index contributed by atoms with van der Waals surface area (Å²) in [5, 5.41) is 8.52. The molecule has 4 aromatic rings. The van der Waals surface area contributed by atoms with Crippen molar-refractivity contribution in [3.8, 4) is 22.8 Å². The van der Waals surface area contributed by atoms with E-state index >= 15 is 0 Å². The molecule has 10 heteroatoms. The number of benzene rings is 2. The van der Waals surface area contributed by atoms with Gasteiger partial charge in [-0.05, 0) is 53.0 Å². The maximum Gasteiger partial charge on any atom is 0.253 e. The molecular weight excluding hydrogens is 534 g/mol. The number of hydrogen-bond donors (Lipinski definition) is 1. The van der Waals surface area contributed by atoms with Crippen molar-refractivity contribution >= 4 is 44.9 Å². The molecule has 0 fully saturated rings. The molecular formula is C25H23BrClN5O3. The normalized spacial score (nSPS) is 12.2. The van der Waals surface area contributed by atoms with E-state index in [0.29, 0.717) is 40.8 Å². The molecule has 0 radical (unpaired) electrons. The van der Waals surface area contributed by atoms with E-state index in [9.17, 15) is 4.79 Å². The Morgan fingerprint density at radius 2 is 2.00 bits per heavy atom. The maximum atomic E-state index is 12.8. The molecule has 0 saturated heterocycles. The lowest BCUT2D eigenvalue weighted by Gasteiger charge is -2.17. The van der Waals surface area contributed by atoms with E-state index in [2.05, 4.69) is 26.3 Å². The lowest BCUT2D eigenvalue weighted by molar-refractivity contribution is 0.0792. The minimum absolute atomic E-state index is 0.0436. The van der Waals surface area contributed by atoms with Crippen molar-refractivity contribution in [1.82, 2.24) is 19.5 Å². The number of unbranched alkanes of at least 4 members (excludes halogenated alkanes) is 1. The Labute approximate surface area is 215 Å². The Kier molecular flexibility index (Phi) is 6.79. The van der Waals surface area contributed by atoms with E-state index in [-0.39, 0.29) is 12.7 Å². The molecule has 3 heterocycles. The van der Waals surface area contributed by atoms with Crippen molar-refractivity contribution in [2.75, 3.05) is 32.2 Å². The SMILES string of the molecule is CN(CCCCNc1cc(-c2ccccc2Cl)nc2c(Br)cnn12)C(=O)c1ccc2c(c1)OCO2. The third-order valence-corrected chi connectivity index (χ3v) is 6.66. The summed E-state index contributed by atoms with van der Waals surface area (Å²) in [5.41, 5.74) is 2.92. The van der Waals surface area contributed by atoms with Gasteiger partial charge in [0.25, 0.3) is 5.91 Å². The number of hydrogen-bond acceptors (Lipinski definition) is 6. The second-order valence-corrected chi connectivity index (χ2v) is 9.42. The van der Waals surface area contributed by atoms with Crippen molar-refractivity contribution < 1.29 is 14.3 Å². The first-order chi connectivity index (χ1) is 17.0. The molecule has 1 aliphatic heterocycles. The van der Waals surface area contributed by atoms with Gasteiger partial charge >= 0.3 is 0 Å². The number of fused-ring (bicyclic) bond motifs is 2.